The van der Waals surface area contributed by atoms with Crippen molar-refractivity contribution in [2.75, 3.05) is 7.11 Å². The number of hydrogen-bond donors (Lipinski definition) is 3. The second kappa shape index (κ2) is 4.14. The Hall–Kier alpha value is -0.160. The fourth-order valence-electron chi connectivity index (χ4n) is 2.40. The molecule has 1 aliphatic carbocycles. The molecule has 1 rings (SSSR count). The molecule has 1 unspecified atom stereocenters. The Morgan fingerprint density at radius 3 is 2.50 bits per heavy atom. The molecule has 5 N–H and O–H groups in total. The zero-order chi connectivity index (χ0) is 10.9. The van der Waals surface area contributed by atoms with E-state index in [2.05, 4.69) is 13.8 Å². The van der Waals surface area contributed by atoms with Crippen LogP contribution in [0.3, 0.4) is 0 Å². The summed E-state index contributed by atoms with van der Waals surface area (Å²) in [4.78, 5) is 0. The summed E-state index contributed by atoms with van der Waals surface area (Å²) in [5.74, 6) is 0. The van der Waals surface area contributed by atoms with Crippen LogP contribution in [-0.2, 0) is 4.74 Å². The van der Waals surface area contributed by atoms with Crippen LogP contribution in [-0.4, -0.2) is 36.5 Å². The fourth-order valence-corrected chi connectivity index (χ4v) is 2.40. The normalized spacial score (nSPS) is 49.3. The summed E-state index contributed by atoms with van der Waals surface area (Å²) in [6, 6.07) is -0.273. The summed E-state index contributed by atoms with van der Waals surface area (Å²) >= 11 is 0. The summed E-state index contributed by atoms with van der Waals surface area (Å²) in [5, 5.41) is 9.92. The number of aliphatic hydroxyl groups is 1. The lowest BCUT2D eigenvalue weighted by molar-refractivity contribution is -0.126. The molecule has 14 heavy (non-hydrogen) atoms. The highest BCUT2D eigenvalue weighted by Crippen LogP contribution is 2.39. The molecule has 0 bridgehead atoms. The van der Waals surface area contributed by atoms with E-state index < -0.39 is 6.10 Å². The van der Waals surface area contributed by atoms with Gasteiger partial charge in [-0.1, -0.05) is 13.8 Å². The highest BCUT2D eigenvalue weighted by Gasteiger charge is 2.48. The highest BCUT2D eigenvalue weighted by atomic mass is 16.5. The lowest BCUT2D eigenvalue weighted by Gasteiger charge is -2.49. The molecule has 5 atom stereocenters. The maximum Gasteiger partial charge on any atom is 0.0958 e. The number of rotatable bonds is 2. The molecule has 0 spiro atoms. The Balaban J connectivity index is 2.91. The molecule has 0 saturated heterocycles. The summed E-state index contributed by atoms with van der Waals surface area (Å²) in [6.07, 6.45) is 0.679. The van der Waals surface area contributed by atoms with E-state index in [0.717, 1.165) is 6.42 Å². The van der Waals surface area contributed by atoms with Crippen LogP contribution in [0, 0.1) is 5.41 Å². The van der Waals surface area contributed by atoms with Gasteiger partial charge in [0.2, 0.25) is 0 Å². The second-order valence-electron chi connectivity index (χ2n) is 4.51. The number of hydrogen-bond acceptors (Lipinski definition) is 4. The quantitative estimate of drug-likeness (QED) is 0.581. The highest BCUT2D eigenvalue weighted by molar-refractivity contribution is 5.03. The van der Waals surface area contributed by atoms with Gasteiger partial charge in [-0.2, -0.15) is 0 Å². The summed E-state index contributed by atoms with van der Waals surface area (Å²) in [5.41, 5.74) is 11.7. The molecule has 1 saturated carbocycles. The van der Waals surface area contributed by atoms with Gasteiger partial charge in [-0.05, 0) is 12.8 Å². The number of nitrogens with two attached hydrogens (primary N) is 2. The number of aliphatic hydroxyl groups excluding tert-OH is 1. The standard InChI is InChI=1S/C10H22N2O2/c1-4-10(2)7(12)5-6(11)8(13)9(10)14-3/h6-9,13H,4-5,11-12H2,1-3H3/t6-,7+,8+,9-,10?/m1/s1. The molecule has 1 aliphatic rings. The zero-order valence-electron chi connectivity index (χ0n) is 9.23. The van der Waals surface area contributed by atoms with Gasteiger partial charge in [0.25, 0.3) is 0 Å². The minimum absolute atomic E-state index is 0.00384. The van der Waals surface area contributed by atoms with Crippen molar-refractivity contribution in [1.82, 2.24) is 0 Å². The van der Waals surface area contributed by atoms with Crippen molar-refractivity contribution in [3.05, 3.63) is 0 Å². The molecule has 0 aromatic rings. The molecule has 0 amide bonds. The van der Waals surface area contributed by atoms with Gasteiger partial charge >= 0.3 is 0 Å². The molecule has 0 heterocycles. The molecule has 0 aromatic heterocycles. The molecule has 4 heteroatoms. The summed E-state index contributed by atoms with van der Waals surface area (Å²) in [6.45, 7) is 4.12. The Morgan fingerprint density at radius 1 is 1.50 bits per heavy atom. The SMILES string of the molecule is CCC1(C)[C@H](OC)[C@@H](O)[C@H](N)C[C@@H]1N. The maximum absolute atomic E-state index is 9.92. The molecular weight excluding hydrogens is 180 g/mol. The van der Waals surface area contributed by atoms with Crippen molar-refractivity contribution in [2.45, 2.75) is 51.0 Å². The van der Waals surface area contributed by atoms with Crippen LogP contribution in [0.4, 0.5) is 0 Å². The Kier molecular flexibility index (Phi) is 3.53. The van der Waals surface area contributed by atoms with E-state index in [0.29, 0.717) is 6.42 Å². The summed E-state index contributed by atoms with van der Waals surface area (Å²) < 4.78 is 5.34. The third-order valence-electron chi connectivity index (χ3n) is 3.79. The molecule has 0 aromatic carbocycles. The minimum atomic E-state index is -0.607. The van der Waals surface area contributed by atoms with Crippen LogP contribution in [0.15, 0.2) is 0 Å². The van der Waals surface area contributed by atoms with Gasteiger partial charge in [0.05, 0.1) is 12.2 Å². The first-order valence-corrected chi connectivity index (χ1v) is 5.19. The van der Waals surface area contributed by atoms with Crippen LogP contribution in [0.1, 0.15) is 26.7 Å². The van der Waals surface area contributed by atoms with Crippen LogP contribution < -0.4 is 11.5 Å². The van der Waals surface area contributed by atoms with Crippen LogP contribution >= 0.6 is 0 Å². The Bertz CT molecular complexity index is 201. The lowest BCUT2D eigenvalue weighted by Crippen LogP contribution is -2.63. The average molecular weight is 202 g/mol. The van der Waals surface area contributed by atoms with Gasteiger partial charge in [-0.25, -0.2) is 0 Å². The van der Waals surface area contributed by atoms with Gasteiger partial charge in [0.1, 0.15) is 0 Å². The van der Waals surface area contributed by atoms with E-state index in [9.17, 15) is 5.11 Å². The third kappa shape index (κ3) is 1.67. The van der Waals surface area contributed by atoms with E-state index in [-0.39, 0.29) is 23.6 Å². The molecule has 1 fully saturated rings. The van der Waals surface area contributed by atoms with Gasteiger partial charge in [0, 0.05) is 24.6 Å². The average Bonchev–Trinajstić information content (AvgIpc) is 2.16. The van der Waals surface area contributed by atoms with Gasteiger partial charge in [-0.3, -0.25) is 0 Å². The van der Waals surface area contributed by atoms with Crippen molar-refractivity contribution < 1.29 is 9.84 Å². The van der Waals surface area contributed by atoms with Gasteiger partial charge < -0.3 is 21.3 Å². The first kappa shape index (κ1) is 11.9. The smallest absolute Gasteiger partial charge is 0.0958 e. The largest absolute Gasteiger partial charge is 0.389 e. The minimum Gasteiger partial charge on any atom is -0.389 e. The summed E-state index contributed by atoms with van der Waals surface area (Å²) in [7, 11) is 1.60. The zero-order valence-corrected chi connectivity index (χ0v) is 9.23. The molecule has 0 radical (unpaired) electrons. The first-order chi connectivity index (χ1) is 6.47. The van der Waals surface area contributed by atoms with Crippen LogP contribution in [0.5, 0.6) is 0 Å². The van der Waals surface area contributed by atoms with E-state index in [1.165, 1.54) is 0 Å². The second-order valence-corrected chi connectivity index (χ2v) is 4.51. The van der Waals surface area contributed by atoms with Crippen LogP contribution in [0.25, 0.3) is 0 Å². The first-order valence-electron chi connectivity index (χ1n) is 5.19. The number of methoxy groups -OCH3 is 1. The van der Waals surface area contributed by atoms with Gasteiger partial charge in [-0.15, -0.1) is 0 Å². The van der Waals surface area contributed by atoms with E-state index >= 15 is 0 Å². The van der Waals surface area contributed by atoms with Crippen molar-refractivity contribution >= 4 is 0 Å². The third-order valence-corrected chi connectivity index (χ3v) is 3.79. The predicted molar refractivity (Wildman–Crippen MR) is 55.8 cm³/mol. The van der Waals surface area contributed by atoms with Crippen molar-refractivity contribution in [1.29, 1.82) is 0 Å². The van der Waals surface area contributed by atoms with Crippen molar-refractivity contribution in [3.8, 4) is 0 Å². The number of ether oxygens (including phenoxy) is 1. The van der Waals surface area contributed by atoms with E-state index in [1.54, 1.807) is 7.11 Å². The van der Waals surface area contributed by atoms with Crippen LogP contribution in [0.2, 0.25) is 0 Å². The molecular formula is C10H22N2O2. The van der Waals surface area contributed by atoms with E-state index in [4.69, 9.17) is 16.2 Å². The Morgan fingerprint density at radius 2 is 2.07 bits per heavy atom. The van der Waals surface area contributed by atoms with Crippen molar-refractivity contribution in [2.24, 2.45) is 16.9 Å². The molecule has 4 nitrogen and oxygen atoms in total. The van der Waals surface area contributed by atoms with E-state index in [1.807, 2.05) is 0 Å². The Labute approximate surface area is 85.6 Å². The predicted octanol–water partition coefficient (Wildman–Crippen LogP) is -0.163. The maximum atomic E-state index is 9.92. The molecule has 84 valence electrons. The topological polar surface area (TPSA) is 81.5 Å². The molecule has 0 aliphatic heterocycles. The fraction of sp³-hybridized carbons (Fsp3) is 1.00. The monoisotopic (exact) mass is 202 g/mol. The lowest BCUT2D eigenvalue weighted by atomic mass is 9.65. The van der Waals surface area contributed by atoms with Crippen molar-refractivity contribution in [3.63, 3.8) is 0 Å². The van der Waals surface area contributed by atoms with Gasteiger partial charge in [0.15, 0.2) is 0 Å².